The molecule has 25 heavy (non-hydrogen) atoms. The zero-order valence-electron chi connectivity index (χ0n) is 14.5. The minimum absolute atomic E-state index is 0.0416. The average molecular weight is 342 g/mol. The molecule has 0 saturated carbocycles. The Morgan fingerprint density at radius 2 is 2.16 bits per heavy atom. The standard InChI is InChI=1S/C18H22N4O3/c1-12-10-24-11-16-9-21(6-7-22(12)16)18(23)15-5-3-4-14(8-15)17-19-13(2)25-20-17/h3-5,8,12,16H,6-7,9-11H2,1-2H3/t12-,16+/m0/s1. The number of fused-ring (bicyclic) bond motifs is 1. The first-order valence-electron chi connectivity index (χ1n) is 8.65. The Morgan fingerprint density at radius 1 is 1.28 bits per heavy atom. The molecule has 0 spiro atoms. The van der Waals surface area contributed by atoms with Crippen molar-refractivity contribution in [2.75, 3.05) is 32.8 Å². The molecule has 1 amide bonds. The Bertz CT molecular complexity index is 775. The van der Waals surface area contributed by atoms with Crippen molar-refractivity contribution in [2.45, 2.75) is 25.9 Å². The van der Waals surface area contributed by atoms with Crippen molar-refractivity contribution >= 4 is 5.91 Å². The van der Waals surface area contributed by atoms with Gasteiger partial charge in [-0.25, -0.2) is 0 Å². The number of carbonyl (C=O) groups is 1. The van der Waals surface area contributed by atoms with Crippen LogP contribution in [0.1, 0.15) is 23.2 Å². The lowest BCUT2D eigenvalue weighted by Gasteiger charge is -2.47. The van der Waals surface area contributed by atoms with Gasteiger partial charge in [0.15, 0.2) is 0 Å². The Hall–Kier alpha value is -2.25. The summed E-state index contributed by atoms with van der Waals surface area (Å²) in [6, 6.07) is 8.11. The highest BCUT2D eigenvalue weighted by Gasteiger charge is 2.35. The van der Waals surface area contributed by atoms with E-state index in [0.29, 0.717) is 36.5 Å². The topological polar surface area (TPSA) is 71.7 Å². The molecule has 2 aromatic rings. The van der Waals surface area contributed by atoms with Crippen LogP contribution in [0.5, 0.6) is 0 Å². The van der Waals surface area contributed by atoms with Crippen LogP contribution >= 0.6 is 0 Å². The molecular formula is C18H22N4O3. The van der Waals surface area contributed by atoms with Crippen LogP contribution in [-0.2, 0) is 4.74 Å². The van der Waals surface area contributed by atoms with Crippen molar-refractivity contribution in [3.8, 4) is 11.4 Å². The van der Waals surface area contributed by atoms with Gasteiger partial charge in [-0.05, 0) is 19.1 Å². The first-order chi connectivity index (χ1) is 12.1. The second kappa shape index (κ2) is 6.57. The van der Waals surface area contributed by atoms with E-state index in [0.717, 1.165) is 25.3 Å². The van der Waals surface area contributed by atoms with E-state index in [1.54, 1.807) is 6.92 Å². The highest BCUT2D eigenvalue weighted by atomic mass is 16.5. The molecule has 2 aliphatic heterocycles. The maximum absolute atomic E-state index is 12.9. The molecule has 1 aromatic heterocycles. The number of hydrogen-bond acceptors (Lipinski definition) is 6. The highest BCUT2D eigenvalue weighted by molar-refractivity contribution is 5.95. The number of amides is 1. The number of nitrogens with zero attached hydrogens (tertiary/aromatic N) is 4. The molecule has 7 heteroatoms. The molecule has 2 aliphatic rings. The maximum atomic E-state index is 12.9. The fraction of sp³-hybridized carbons (Fsp3) is 0.500. The summed E-state index contributed by atoms with van der Waals surface area (Å²) in [6.45, 7) is 7.73. The Morgan fingerprint density at radius 3 is 2.96 bits per heavy atom. The van der Waals surface area contributed by atoms with Crippen LogP contribution in [0, 0.1) is 6.92 Å². The van der Waals surface area contributed by atoms with Crippen LogP contribution < -0.4 is 0 Å². The molecule has 2 saturated heterocycles. The number of piperazine rings is 1. The van der Waals surface area contributed by atoms with Gasteiger partial charge in [-0.2, -0.15) is 4.98 Å². The van der Waals surface area contributed by atoms with Gasteiger partial charge >= 0.3 is 0 Å². The summed E-state index contributed by atoms with van der Waals surface area (Å²) >= 11 is 0. The number of rotatable bonds is 2. The number of benzene rings is 1. The zero-order chi connectivity index (χ0) is 17.4. The molecule has 132 valence electrons. The quantitative estimate of drug-likeness (QED) is 0.825. The van der Waals surface area contributed by atoms with E-state index in [9.17, 15) is 4.79 Å². The van der Waals surface area contributed by atoms with E-state index < -0.39 is 0 Å². The molecule has 0 bridgehead atoms. The van der Waals surface area contributed by atoms with Gasteiger partial charge in [0, 0.05) is 43.7 Å². The molecule has 4 rings (SSSR count). The number of morpholine rings is 1. The summed E-state index contributed by atoms with van der Waals surface area (Å²) in [7, 11) is 0. The molecule has 0 unspecified atom stereocenters. The maximum Gasteiger partial charge on any atom is 0.253 e. The van der Waals surface area contributed by atoms with Crippen molar-refractivity contribution in [2.24, 2.45) is 0 Å². The lowest BCUT2D eigenvalue weighted by atomic mass is 10.1. The summed E-state index contributed by atoms with van der Waals surface area (Å²) in [6.07, 6.45) is 0. The number of hydrogen-bond donors (Lipinski definition) is 0. The fourth-order valence-electron chi connectivity index (χ4n) is 3.64. The summed E-state index contributed by atoms with van der Waals surface area (Å²) < 4.78 is 10.7. The first kappa shape index (κ1) is 16.2. The van der Waals surface area contributed by atoms with Gasteiger partial charge in [-0.1, -0.05) is 17.3 Å². The van der Waals surface area contributed by atoms with E-state index in [2.05, 4.69) is 22.0 Å². The third-order valence-electron chi connectivity index (χ3n) is 4.95. The van der Waals surface area contributed by atoms with E-state index in [1.807, 2.05) is 29.2 Å². The number of carbonyl (C=O) groups excluding carboxylic acids is 1. The molecular weight excluding hydrogens is 320 g/mol. The third-order valence-corrected chi connectivity index (χ3v) is 4.95. The fourth-order valence-corrected chi connectivity index (χ4v) is 3.64. The van der Waals surface area contributed by atoms with Crippen molar-refractivity contribution < 1.29 is 14.1 Å². The molecule has 1 aromatic carbocycles. The second-order valence-corrected chi connectivity index (χ2v) is 6.75. The van der Waals surface area contributed by atoms with Gasteiger partial charge in [0.2, 0.25) is 11.7 Å². The second-order valence-electron chi connectivity index (χ2n) is 6.75. The van der Waals surface area contributed by atoms with Gasteiger partial charge in [0.05, 0.1) is 19.3 Å². The van der Waals surface area contributed by atoms with Gasteiger partial charge < -0.3 is 14.2 Å². The Labute approximate surface area is 146 Å². The number of aryl methyl sites for hydroxylation is 1. The molecule has 0 aliphatic carbocycles. The minimum Gasteiger partial charge on any atom is -0.378 e. The third kappa shape index (κ3) is 3.17. The lowest BCUT2D eigenvalue weighted by Crippen LogP contribution is -2.62. The average Bonchev–Trinajstić information content (AvgIpc) is 3.08. The van der Waals surface area contributed by atoms with Crippen LogP contribution in [0.2, 0.25) is 0 Å². The Kier molecular flexibility index (Phi) is 4.27. The van der Waals surface area contributed by atoms with Gasteiger partial charge in [-0.15, -0.1) is 0 Å². The predicted molar refractivity (Wildman–Crippen MR) is 91.1 cm³/mol. The summed E-state index contributed by atoms with van der Waals surface area (Å²) in [5.41, 5.74) is 1.44. The first-order valence-corrected chi connectivity index (χ1v) is 8.65. The monoisotopic (exact) mass is 342 g/mol. The van der Waals surface area contributed by atoms with E-state index >= 15 is 0 Å². The van der Waals surface area contributed by atoms with E-state index in [4.69, 9.17) is 9.26 Å². The Balaban J connectivity index is 1.51. The van der Waals surface area contributed by atoms with E-state index in [1.165, 1.54) is 0 Å². The van der Waals surface area contributed by atoms with E-state index in [-0.39, 0.29) is 11.9 Å². The molecule has 0 N–H and O–H groups in total. The molecule has 2 atom stereocenters. The summed E-state index contributed by atoms with van der Waals surface area (Å²) in [5, 5.41) is 3.93. The molecule has 2 fully saturated rings. The van der Waals surface area contributed by atoms with Gasteiger partial charge in [-0.3, -0.25) is 9.69 Å². The van der Waals surface area contributed by atoms with Crippen molar-refractivity contribution in [3.05, 3.63) is 35.7 Å². The zero-order valence-corrected chi connectivity index (χ0v) is 14.5. The van der Waals surface area contributed by atoms with Crippen LogP contribution in [-0.4, -0.2) is 70.8 Å². The van der Waals surface area contributed by atoms with Crippen molar-refractivity contribution in [3.63, 3.8) is 0 Å². The largest absolute Gasteiger partial charge is 0.378 e. The van der Waals surface area contributed by atoms with Crippen molar-refractivity contribution in [1.82, 2.24) is 19.9 Å². The van der Waals surface area contributed by atoms with Crippen LogP contribution in [0.25, 0.3) is 11.4 Å². The molecule has 3 heterocycles. The summed E-state index contributed by atoms with van der Waals surface area (Å²) in [5.74, 6) is 1.06. The minimum atomic E-state index is 0.0416. The number of aromatic nitrogens is 2. The number of ether oxygens (including phenoxy) is 1. The lowest BCUT2D eigenvalue weighted by molar-refractivity contribution is -0.0699. The van der Waals surface area contributed by atoms with Crippen molar-refractivity contribution in [1.29, 1.82) is 0 Å². The molecule has 7 nitrogen and oxygen atoms in total. The SMILES string of the molecule is Cc1nc(-c2cccc(C(=O)N3CCN4[C@@H](COC[C@@H]4C)C3)c2)no1. The van der Waals surface area contributed by atoms with Gasteiger partial charge in [0.25, 0.3) is 5.91 Å². The molecule has 0 radical (unpaired) electrons. The normalized spacial score (nSPS) is 24.2. The summed E-state index contributed by atoms with van der Waals surface area (Å²) in [4.78, 5) is 21.5. The van der Waals surface area contributed by atoms with Crippen LogP contribution in [0.3, 0.4) is 0 Å². The van der Waals surface area contributed by atoms with Gasteiger partial charge in [0.1, 0.15) is 0 Å². The van der Waals surface area contributed by atoms with Crippen LogP contribution in [0.4, 0.5) is 0 Å². The smallest absolute Gasteiger partial charge is 0.253 e. The predicted octanol–water partition coefficient (Wildman–Crippen LogP) is 1.59. The van der Waals surface area contributed by atoms with Crippen LogP contribution in [0.15, 0.2) is 28.8 Å². The highest BCUT2D eigenvalue weighted by Crippen LogP contribution is 2.22.